The smallest absolute Gasteiger partial charge is 0.143 e. The molecule has 7 heteroatoms. The first-order valence-electron chi connectivity index (χ1n) is 12.3. The summed E-state index contributed by atoms with van der Waals surface area (Å²) in [6.45, 7) is 0. The topological polar surface area (TPSA) is 32.3 Å². The van der Waals surface area contributed by atoms with E-state index in [1.54, 1.807) is 0 Å². The van der Waals surface area contributed by atoms with Gasteiger partial charge in [0.15, 0.2) is 0 Å². The minimum Gasteiger partial charge on any atom is -0.869 e. The Labute approximate surface area is 281 Å². The van der Waals surface area contributed by atoms with Crippen molar-refractivity contribution in [2.45, 2.75) is 0 Å². The van der Waals surface area contributed by atoms with Gasteiger partial charge >= 0.3 is 0 Å². The summed E-state index contributed by atoms with van der Waals surface area (Å²) in [5, 5.41) is 12.7. The zero-order valence-electron chi connectivity index (χ0n) is 21.4. The summed E-state index contributed by atoms with van der Waals surface area (Å²) in [5.74, 6) is -0.526. The fourth-order valence-corrected chi connectivity index (χ4v) is 5.03. The van der Waals surface area contributed by atoms with E-state index in [1.165, 1.54) is 0 Å². The second kappa shape index (κ2) is 14.4. The molecule has 41 heavy (non-hydrogen) atoms. The molecule has 5 aromatic carbocycles. The maximum absolute atomic E-state index is 13.3. The van der Waals surface area contributed by atoms with Gasteiger partial charge in [-0.25, -0.2) is 0 Å². The van der Waals surface area contributed by atoms with Crippen LogP contribution in [0.5, 0.6) is 11.5 Å². The first-order chi connectivity index (χ1) is 19.5. The standard InChI is InChI=1S/C34H21Cl4O2.Zr.2H2/c35-28-29(36)31(38)34(32(39)30(28)37)40-33(25-19-11-4-12-20-25)27(24-17-9-3-10-18-24)26(23-15-7-2-8-16-23)21-22-13-5-1-6-14-22;;;/h1-20,39H;;2*1H/p-1/b26-21?,33-27-;;;. The molecule has 0 unspecified atom stereocenters. The summed E-state index contributed by atoms with van der Waals surface area (Å²) in [4.78, 5) is 0. The monoisotopic (exact) mass is 694 g/mol. The SMILES string of the molecule is [HH].[HH].[O-]c1c(Cl)c(Cl)c(Cl)c(Cl)c1O/C(=C(\C(=[C]c1ccccc1)c1ccccc1)c1ccccc1)c1ccccc1.[Zr]. The van der Waals surface area contributed by atoms with Crippen molar-refractivity contribution in [1.29, 1.82) is 0 Å². The van der Waals surface area contributed by atoms with Crippen LogP contribution < -0.4 is 9.84 Å². The van der Waals surface area contributed by atoms with Gasteiger partial charge in [0.2, 0.25) is 0 Å². The van der Waals surface area contributed by atoms with Crippen molar-refractivity contribution in [3.63, 3.8) is 0 Å². The van der Waals surface area contributed by atoms with E-state index in [0.29, 0.717) is 16.9 Å². The number of hydrogen-bond acceptors (Lipinski definition) is 2. The van der Waals surface area contributed by atoms with Crippen molar-refractivity contribution in [3.8, 4) is 11.5 Å². The van der Waals surface area contributed by atoms with Gasteiger partial charge in [0.25, 0.3) is 0 Å². The number of halogens is 4. The van der Waals surface area contributed by atoms with Crippen LogP contribution in [0.4, 0.5) is 0 Å². The van der Waals surface area contributed by atoms with E-state index in [1.807, 2.05) is 121 Å². The normalized spacial score (nSPS) is 11.9. The summed E-state index contributed by atoms with van der Waals surface area (Å²) >= 11 is 25.3. The number of hydrogen-bond donors (Lipinski definition) is 0. The molecule has 0 aliphatic carbocycles. The van der Waals surface area contributed by atoms with Crippen LogP contribution in [0.15, 0.2) is 121 Å². The van der Waals surface area contributed by atoms with E-state index in [9.17, 15) is 5.11 Å². The number of rotatable bonds is 7. The van der Waals surface area contributed by atoms with Gasteiger partial charge in [-0.1, -0.05) is 168 Å². The van der Waals surface area contributed by atoms with Gasteiger partial charge in [0.05, 0.1) is 15.1 Å². The fraction of sp³-hybridized carbons (Fsp3) is 0. The Balaban J connectivity index is 0.00000215. The van der Waals surface area contributed by atoms with Crippen molar-refractivity contribution in [2.24, 2.45) is 0 Å². The third-order valence-corrected chi connectivity index (χ3v) is 7.84. The van der Waals surface area contributed by atoms with E-state index in [4.69, 9.17) is 51.1 Å². The molecule has 0 bridgehead atoms. The van der Waals surface area contributed by atoms with Crippen molar-refractivity contribution >= 4 is 63.3 Å². The molecule has 0 saturated heterocycles. The van der Waals surface area contributed by atoms with Crippen LogP contribution in [0.2, 0.25) is 20.1 Å². The molecule has 0 heterocycles. The van der Waals surface area contributed by atoms with Crippen LogP contribution in [-0.4, -0.2) is 0 Å². The molecular weight excluding hydrogens is 673 g/mol. The van der Waals surface area contributed by atoms with Gasteiger partial charge in [-0.15, -0.1) is 0 Å². The summed E-state index contributed by atoms with van der Waals surface area (Å²) in [7, 11) is 0. The average molecular weight is 698 g/mol. The van der Waals surface area contributed by atoms with Crippen LogP contribution in [0.1, 0.15) is 25.1 Å². The van der Waals surface area contributed by atoms with E-state index in [0.717, 1.165) is 22.3 Å². The first kappa shape index (κ1) is 31.2. The Morgan fingerprint density at radius 1 is 0.561 bits per heavy atom. The summed E-state index contributed by atoms with van der Waals surface area (Å²) in [6.07, 6.45) is 3.59. The first-order valence-corrected chi connectivity index (χ1v) is 13.8. The maximum atomic E-state index is 13.3. The summed E-state index contributed by atoms with van der Waals surface area (Å²) in [5.41, 5.74) is 4.71. The molecule has 0 aliphatic rings. The molecular formula is C34H24Cl4O2Zr-. The Morgan fingerprint density at radius 3 is 1.54 bits per heavy atom. The average Bonchev–Trinajstić information content (AvgIpc) is 3.01. The Hall–Kier alpha value is -2.78. The molecule has 0 fully saturated rings. The van der Waals surface area contributed by atoms with Crippen molar-refractivity contribution < 1.29 is 38.9 Å². The maximum Gasteiger partial charge on any atom is 0.143 e. The molecule has 0 atom stereocenters. The number of allylic oxidation sites excluding steroid dienone is 2. The second-order valence-corrected chi connectivity index (χ2v) is 10.2. The predicted octanol–water partition coefficient (Wildman–Crippen LogP) is 10.7. The minimum atomic E-state index is -0.667. The van der Waals surface area contributed by atoms with Crippen LogP contribution >= 0.6 is 46.4 Å². The van der Waals surface area contributed by atoms with Gasteiger partial charge in [-0.2, -0.15) is 0 Å². The zero-order chi connectivity index (χ0) is 28.1. The largest absolute Gasteiger partial charge is 0.869 e. The van der Waals surface area contributed by atoms with Gasteiger partial charge < -0.3 is 9.84 Å². The van der Waals surface area contributed by atoms with Crippen LogP contribution in [0, 0.1) is 6.08 Å². The van der Waals surface area contributed by atoms with Crippen molar-refractivity contribution in [1.82, 2.24) is 0 Å². The minimum absolute atomic E-state index is 0. The van der Waals surface area contributed by atoms with E-state index in [2.05, 4.69) is 6.08 Å². The molecule has 5 rings (SSSR count). The molecule has 0 amide bonds. The molecule has 0 saturated carbocycles. The fourth-order valence-electron chi connectivity index (χ4n) is 4.17. The Kier molecular flexibility index (Phi) is 11.0. The van der Waals surface area contributed by atoms with Crippen molar-refractivity contribution in [2.75, 3.05) is 0 Å². The van der Waals surface area contributed by atoms with Gasteiger partial charge in [0.1, 0.15) is 16.5 Å². The number of ether oxygens (including phenoxy) is 1. The molecule has 0 spiro atoms. The van der Waals surface area contributed by atoms with Crippen LogP contribution in [-0.2, 0) is 26.2 Å². The van der Waals surface area contributed by atoms with Crippen molar-refractivity contribution in [3.05, 3.63) is 170 Å². The molecule has 0 aliphatic heterocycles. The molecule has 205 valence electrons. The van der Waals surface area contributed by atoms with Crippen LogP contribution in [0.25, 0.3) is 16.9 Å². The second-order valence-electron chi connectivity index (χ2n) is 8.68. The predicted molar refractivity (Wildman–Crippen MR) is 169 cm³/mol. The molecule has 5 aromatic rings. The van der Waals surface area contributed by atoms with Gasteiger partial charge in [-0.05, 0) is 28.5 Å². The third kappa shape index (κ3) is 7.00. The molecule has 0 aromatic heterocycles. The van der Waals surface area contributed by atoms with Crippen LogP contribution in [0.3, 0.4) is 0 Å². The quantitative estimate of drug-likeness (QED) is 0.0558. The van der Waals surface area contributed by atoms with Gasteiger partial charge in [0, 0.05) is 45.8 Å². The van der Waals surface area contributed by atoms with E-state index >= 15 is 0 Å². The van der Waals surface area contributed by atoms with E-state index < -0.39 is 5.75 Å². The Bertz CT molecular complexity index is 1670. The van der Waals surface area contributed by atoms with Gasteiger partial charge in [-0.3, -0.25) is 0 Å². The zero-order valence-corrected chi connectivity index (χ0v) is 26.9. The molecule has 0 N–H and O–H groups in total. The number of benzene rings is 5. The summed E-state index contributed by atoms with van der Waals surface area (Å²) in [6, 6.07) is 38.9. The Morgan fingerprint density at radius 2 is 1.00 bits per heavy atom. The van der Waals surface area contributed by atoms with E-state index in [-0.39, 0.29) is 54.9 Å². The third-order valence-electron chi connectivity index (χ3n) is 6.07. The summed E-state index contributed by atoms with van der Waals surface area (Å²) < 4.78 is 6.48. The molecule has 1 radical (unpaired) electrons. The molecule has 2 nitrogen and oxygen atoms in total.